The number of carbonyl (C=O) groups is 2. The number of piperidine rings is 1. The number of hydrogen-bond donors (Lipinski definition) is 2. The fraction of sp³-hybridized carbons (Fsp3) is 0.450. The molecule has 2 aromatic rings. The summed E-state index contributed by atoms with van der Waals surface area (Å²) in [6.07, 6.45) is 4.09. The number of phenolic OH excluding ortho intramolecular Hbond substituents is 1. The molecule has 1 heterocycles. The Morgan fingerprint density at radius 2 is 1.81 bits per heavy atom. The summed E-state index contributed by atoms with van der Waals surface area (Å²) in [7, 11) is 1.62. The predicted octanol–water partition coefficient (Wildman–Crippen LogP) is 9.42. The second kappa shape index (κ2) is 20.1. The number of hydrogen-bond acceptors (Lipinski definition) is 5. The SMILES string of the molecule is C=C(Cl)/C=C\C/C(=C\C)C(C(C)c1ccc(O)cc1)N(C(=C)c1ccc(C(F)(F)F)cc1OCC)C(=O)N1CCC(NC(=O)CCCCOC)CC1. The average Bonchev–Trinajstić information content (AvgIpc) is 3.10. The van der Waals surface area contributed by atoms with Gasteiger partial charge < -0.3 is 24.8 Å². The van der Waals surface area contributed by atoms with Crippen LogP contribution < -0.4 is 10.1 Å². The second-order valence-electron chi connectivity index (χ2n) is 12.8. The minimum Gasteiger partial charge on any atom is -0.508 e. The van der Waals surface area contributed by atoms with Crippen molar-refractivity contribution in [3.8, 4) is 11.5 Å². The van der Waals surface area contributed by atoms with E-state index in [0.29, 0.717) is 56.8 Å². The van der Waals surface area contributed by atoms with Gasteiger partial charge in [0, 0.05) is 61.5 Å². The summed E-state index contributed by atoms with van der Waals surface area (Å²) in [5.41, 5.74) is 1.13. The highest BCUT2D eigenvalue weighted by molar-refractivity contribution is 6.30. The van der Waals surface area contributed by atoms with Crippen LogP contribution in [0, 0.1) is 0 Å². The number of methoxy groups -OCH3 is 1. The maximum Gasteiger partial charge on any atom is 0.416 e. The van der Waals surface area contributed by atoms with Gasteiger partial charge in [-0.2, -0.15) is 13.2 Å². The molecule has 2 N–H and O–H groups in total. The Labute approximate surface area is 310 Å². The molecule has 0 bridgehead atoms. The lowest BCUT2D eigenvalue weighted by Crippen LogP contribution is -2.53. The van der Waals surface area contributed by atoms with Crippen molar-refractivity contribution in [2.75, 3.05) is 33.4 Å². The smallest absolute Gasteiger partial charge is 0.416 e. The lowest BCUT2D eigenvalue weighted by molar-refractivity contribution is -0.137. The molecule has 12 heteroatoms. The number of nitrogens with zero attached hydrogens (tertiary/aromatic N) is 2. The molecular formula is C40H51ClF3N3O5. The van der Waals surface area contributed by atoms with Crippen LogP contribution in [0.4, 0.5) is 18.0 Å². The summed E-state index contributed by atoms with van der Waals surface area (Å²) in [4.78, 5) is 30.8. The van der Waals surface area contributed by atoms with Gasteiger partial charge in [-0.1, -0.05) is 56.0 Å². The summed E-state index contributed by atoms with van der Waals surface area (Å²) < 4.78 is 52.3. The number of ether oxygens (including phenoxy) is 2. The fourth-order valence-electron chi connectivity index (χ4n) is 6.35. The zero-order valence-electron chi connectivity index (χ0n) is 30.5. The number of allylic oxidation sites excluding steroid dienone is 4. The zero-order chi connectivity index (χ0) is 38.4. The number of nitrogens with one attached hydrogen (secondary N) is 1. The third-order valence-corrected chi connectivity index (χ3v) is 9.25. The number of phenols is 1. The van der Waals surface area contributed by atoms with Gasteiger partial charge in [-0.25, -0.2) is 4.79 Å². The van der Waals surface area contributed by atoms with Crippen molar-refractivity contribution < 1.29 is 37.3 Å². The molecule has 0 aliphatic carbocycles. The summed E-state index contributed by atoms with van der Waals surface area (Å²) in [6.45, 7) is 14.9. The van der Waals surface area contributed by atoms with E-state index < -0.39 is 23.8 Å². The van der Waals surface area contributed by atoms with Gasteiger partial charge in [0.05, 0.1) is 18.2 Å². The Morgan fingerprint density at radius 3 is 2.38 bits per heavy atom. The number of aromatic hydroxyl groups is 1. The van der Waals surface area contributed by atoms with Crippen molar-refractivity contribution in [2.24, 2.45) is 0 Å². The Hall–Kier alpha value is -4.22. The third-order valence-electron chi connectivity index (χ3n) is 9.12. The number of benzene rings is 2. The summed E-state index contributed by atoms with van der Waals surface area (Å²) in [6, 6.07) is 8.67. The van der Waals surface area contributed by atoms with Crippen molar-refractivity contribution in [1.82, 2.24) is 15.1 Å². The maximum absolute atomic E-state index is 14.9. The number of unbranched alkanes of at least 4 members (excludes halogenated alkanes) is 1. The highest BCUT2D eigenvalue weighted by Crippen LogP contribution is 2.41. The Kier molecular flexibility index (Phi) is 16.3. The number of urea groups is 1. The Balaban J connectivity index is 2.09. The molecule has 0 spiro atoms. The molecule has 0 aromatic heterocycles. The molecular weight excluding hydrogens is 695 g/mol. The van der Waals surface area contributed by atoms with Crippen LogP contribution in [0.25, 0.3) is 5.70 Å². The summed E-state index contributed by atoms with van der Waals surface area (Å²) >= 11 is 6.04. The predicted molar refractivity (Wildman–Crippen MR) is 200 cm³/mol. The van der Waals surface area contributed by atoms with Gasteiger partial charge in [0.2, 0.25) is 5.91 Å². The molecule has 0 radical (unpaired) electrons. The van der Waals surface area contributed by atoms with E-state index in [1.807, 2.05) is 26.0 Å². The minimum atomic E-state index is -4.61. The van der Waals surface area contributed by atoms with Gasteiger partial charge in [0.15, 0.2) is 0 Å². The molecule has 8 nitrogen and oxygen atoms in total. The van der Waals surface area contributed by atoms with E-state index in [1.54, 1.807) is 54.2 Å². The van der Waals surface area contributed by atoms with Crippen LogP contribution in [0.3, 0.4) is 0 Å². The maximum atomic E-state index is 14.9. The second-order valence-corrected chi connectivity index (χ2v) is 13.2. The van der Waals surface area contributed by atoms with Crippen molar-refractivity contribution in [3.05, 3.63) is 101 Å². The first-order valence-corrected chi connectivity index (χ1v) is 17.9. The Bertz CT molecular complexity index is 1580. The summed E-state index contributed by atoms with van der Waals surface area (Å²) in [5, 5.41) is 13.5. The Morgan fingerprint density at radius 1 is 1.13 bits per heavy atom. The minimum absolute atomic E-state index is 0.0464. The molecule has 1 saturated heterocycles. The topological polar surface area (TPSA) is 91.3 Å². The molecule has 1 aliphatic heterocycles. The lowest BCUT2D eigenvalue weighted by Gasteiger charge is -2.43. The van der Waals surface area contributed by atoms with Crippen molar-refractivity contribution in [2.45, 2.75) is 83.5 Å². The number of rotatable bonds is 17. The van der Waals surface area contributed by atoms with Crippen LogP contribution in [0.2, 0.25) is 0 Å². The molecule has 2 unspecified atom stereocenters. The molecule has 1 aliphatic rings. The van der Waals surface area contributed by atoms with Crippen molar-refractivity contribution >= 4 is 29.2 Å². The molecule has 3 rings (SSSR count). The van der Waals surface area contributed by atoms with E-state index in [0.717, 1.165) is 29.7 Å². The van der Waals surface area contributed by atoms with Gasteiger partial charge in [-0.05, 0) is 93.5 Å². The van der Waals surface area contributed by atoms with Gasteiger partial charge >= 0.3 is 12.2 Å². The molecule has 0 saturated carbocycles. The number of alkyl halides is 3. The highest BCUT2D eigenvalue weighted by Gasteiger charge is 2.39. The van der Waals surface area contributed by atoms with Crippen molar-refractivity contribution in [1.29, 1.82) is 0 Å². The number of amides is 3. The quantitative estimate of drug-likeness (QED) is 0.0957. The first-order valence-electron chi connectivity index (χ1n) is 17.6. The van der Waals surface area contributed by atoms with Crippen LogP contribution in [0.15, 0.2) is 84.5 Å². The lowest BCUT2D eigenvalue weighted by atomic mass is 9.84. The van der Waals surface area contributed by atoms with E-state index >= 15 is 0 Å². The molecule has 2 atom stereocenters. The third kappa shape index (κ3) is 11.9. The first kappa shape index (κ1) is 42.2. The monoisotopic (exact) mass is 745 g/mol. The van der Waals surface area contributed by atoms with Gasteiger partial charge in [0.1, 0.15) is 11.5 Å². The van der Waals surface area contributed by atoms with E-state index in [1.165, 1.54) is 6.07 Å². The van der Waals surface area contributed by atoms with Crippen LogP contribution in [0.1, 0.15) is 81.9 Å². The normalized spacial score (nSPS) is 15.3. The van der Waals surface area contributed by atoms with Crippen LogP contribution >= 0.6 is 11.6 Å². The van der Waals surface area contributed by atoms with Crippen molar-refractivity contribution in [3.63, 3.8) is 0 Å². The van der Waals surface area contributed by atoms with Crippen LogP contribution in [0.5, 0.6) is 11.5 Å². The van der Waals surface area contributed by atoms with E-state index in [2.05, 4.69) is 18.5 Å². The van der Waals surface area contributed by atoms with E-state index in [4.69, 9.17) is 21.1 Å². The number of likely N-dealkylation sites (tertiary alicyclic amines) is 1. The van der Waals surface area contributed by atoms with Crippen LogP contribution in [-0.2, 0) is 15.7 Å². The first-order chi connectivity index (χ1) is 24.7. The van der Waals surface area contributed by atoms with E-state index in [-0.39, 0.29) is 47.2 Å². The summed E-state index contributed by atoms with van der Waals surface area (Å²) in [5.74, 6) is -0.408. The standard InChI is InChI=1S/C40H51ClF3N3O5/c1-7-30(13-11-12-27(3)41)38(28(4)31-15-18-34(48)19-16-31)47(29(5)35-20-17-32(40(42,43)44)26-36(35)52-8-2)39(50)46-23-21-33(22-24-46)45-37(49)14-9-10-25-51-6/h7,11-12,15-20,26,28,33,38,48H,3,5,8-10,13-14,21-25H2,1-2,4,6H3,(H,45,49)/b12-11-,30-7+. The molecule has 3 amide bonds. The van der Waals surface area contributed by atoms with Gasteiger partial charge in [0.25, 0.3) is 0 Å². The molecule has 284 valence electrons. The number of carbonyl (C=O) groups excluding carboxylic acids is 2. The molecule has 1 fully saturated rings. The zero-order valence-corrected chi connectivity index (χ0v) is 31.2. The average molecular weight is 746 g/mol. The highest BCUT2D eigenvalue weighted by atomic mass is 35.5. The van der Waals surface area contributed by atoms with Gasteiger partial charge in [-0.15, -0.1) is 0 Å². The molecule has 52 heavy (non-hydrogen) atoms. The number of halogens is 4. The van der Waals surface area contributed by atoms with E-state index in [9.17, 15) is 27.9 Å². The van der Waals surface area contributed by atoms with Crippen LogP contribution in [-0.4, -0.2) is 72.3 Å². The van der Waals surface area contributed by atoms with Gasteiger partial charge in [-0.3, -0.25) is 9.69 Å². The largest absolute Gasteiger partial charge is 0.508 e. The fourth-order valence-corrected chi connectivity index (χ4v) is 6.44. The molecule has 2 aromatic carbocycles.